The van der Waals surface area contributed by atoms with Gasteiger partial charge in [0.1, 0.15) is 0 Å². The molecular formula is C28H28N2O3S. The maximum absolute atomic E-state index is 13.6. The summed E-state index contributed by atoms with van der Waals surface area (Å²) in [6, 6.07) is 21.5. The molecular weight excluding hydrogens is 444 g/mol. The Labute approximate surface area is 205 Å². The molecule has 174 valence electrons. The van der Waals surface area contributed by atoms with Crippen LogP contribution >= 0.6 is 11.8 Å². The van der Waals surface area contributed by atoms with E-state index in [0.717, 1.165) is 34.5 Å². The summed E-state index contributed by atoms with van der Waals surface area (Å²) in [7, 11) is 1.62. The number of benzene rings is 3. The Morgan fingerprint density at radius 1 is 0.971 bits per heavy atom. The molecule has 1 aliphatic rings. The molecule has 1 amide bonds. The van der Waals surface area contributed by atoms with Gasteiger partial charge in [-0.2, -0.15) is 0 Å². The van der Waals surface area contributed by atoms with Crippen LogP contribution in [-0.4, -0.2) is 24.8 Å². The molecule has 1 saturated heterocycles. The molecule has 0 unspecified atom stereocenters. The van der Waals surface area contributed by atoms with Crippen molar-refractivity contribution in [1.82, 2.24) is 0 Å². The van der Waals surface area contributed by atoms with Crippen molar-refractivity contribution in [2.75, 3.05) is 18.6 Å². The minimum Gasteiger partial charge on any atom is -0.493 e. The molecule has 0 aliphatic carbocycles. The quantitative estimate of drug-likeness (QED) is 0.351. The summed E-state index contributed by atoms with van der Waals surface area (Å²) in [5.41, 5.74) is 4.67. The summed E-state index contributed by atoms with van der Waals surface area (Å²) in [4.78, 5) is 20.7. The fourth-order valence-electron chi connectivity index (χ4n) is 3.51. The second-order valence-corrected chi connectivity index (χ2v) is 9.05. The van der Waals surface area contributed by atoms with Crippen LogP contribution in [0.1, 0.15) is 30.0 Å². The van der Waals surface area contributed by atoms with Gasteiger partial charge in [0.15, 0.2) is 16.7 Å². The van der Waals surface area contributed by atoms with E-state index in [1.165, 1.54) is 11.8 Å². The summed E-state index contributed by atoms with van der Waals surface area (Å²) in [5, 5.41) is 0.614. The van der Waals surface area contributed by atoms with E-state index in [1.54, 1.807) is 12.0 Å². The van der Waals surface area contributed by atoms with E-state index in [0.29, 0.717) is 28.2 Å². The highest BCUT2D eigenvalue weighted by Crippen LogP contribution is 2.40. The first-order chi connectivity index (χ1) is 16.5. The first-order valence-corrected chi connectivity index (χ1v) is 12.1. The lowest BCUT2D eigenvalue weighted by Crippen LogP contribution is -2.28. The molecule has 0 spiro atoms. The van der Waals surface area contributed by atoms with E-state index in [2.05, 4.69) is 6.92 Å². The summed E-state index contributed by atoms with van der Waals surface area (Å²) < 4.78 is 11.5. The van der Waals surface area contributed by atoms with Crippen molar-refractivity contribution in [2.45, 2.75) is 27.2 Å². The van der Waals surface area contributed by atoms with Crippen LogP contribution in [0.4, 0.5) is 11.4 Å². The molecule has 0 bridgehead atoms. The number of amidine groups is 1. The zero-order chi connectivity index (χ0) is 24.1. The van der Waals surface area contributed by atoms with Crippen molar-refractivity contribution >= 4 is 40.3 Å². The van der Waals surface area contributed by atoms with E-state index in [9.17, 15) is 4.79 Å². The summed E-state index contributed by atoms with van der Waals surface area (Å²) in [6.07, 6.45) is 2.73. The monoisotopic (exact) mass is 472 g/mol. The molecule has 1 aliphatic heterocycles. The highest BCUT2D eigenvalue weighted by molar-refractivity contribution is 8.19. The topological polar surface area (TPSA) is 51.1 Å². The van der Waals surface area contributed by atoms with Crippen LogP contribution in [-0.2, 0) is 4.79 Å². The van der Waals surface area contributed by atoms with Gasteiger partial charge in [-0.1, -0.05) is 54.4 Å². The molecule has 0 aromatic heterocycles. The molecule has 3 aromatic rings. The maximum atomic E-state index is 13.6. The van der Waals surface area contributed by atoms with Crippen LogP contribution < -0.4 is 14.4 Å². The van der Waals surface area contributed by atoms with Gasteiger partial charge in [-0.15, -0.1) is 0 Å². The second-order valence-electron chi connectivity index (χ2n) is 8.04. The standard InChI is InChI=1S/C28H28N2O3S/c1-5-17-33-26-21(7-6-8-24(26)32-4)18-25-27(31)30(23-15-11-20(3)12-16-23)28(34-25)29-22-13-9-19(2)10-14-22/h6-16,18H,5,17H2,1-4H3/b25-18+,29-28?. The molecule has 1 heterocycles. The number of hydrogen-bond donors (Lipinski definition) is 0. The summed E-state index contributed by atoms with van der Waals surface area (Å²) in [5.74, 6) is 1.16. The normalized spacial score (nSPS) is 15.9. The van der Waals surface area contributed by atoms with Crippen molar-refractivity contribution < 1.29 is 14.3 Å². The number of amides is 1. The number of carbonyl (C=O) groups excluding carboxylic acids is 1. The van der Waals surface area contributed by atoms with Crippen molar-refractivity contribution in [3.05, 3.63) is 88.3 Å². The Kier molecular flexibility index (Phi) is 7.38. The number of nitrogens with zero attached hydrogens (tertiary/aromatic N) is 2. The number of methoxy groups -OCH3 is 1. The number of rotatable bonds is 7. The lowest BCUT2D eigenvalue weighted by Gasteiger charge is -2.16. The highest BCUT2D eigenvalue weighted by atomic mass is 32.2. The first kappa shape index (κ1) is 23.6. The lowest BCUT2D eigenvalue weighted by atomic mass is 10.1. The zero-order valence-electron chi connectivity index (χ0n) is 19.9. The molecule has 1 fully saturated rings. The smallest absolute Gasteiger partial charge is 0.271 e. The van der Waals surface area contributed by atoms with Crippen LogP contribution in [0.2, 0.25) is 0 Å². The number of aliphatic imine (C=N–C) groups is 1. The van der Waals surface area contributed by atoms with Crippen LogP contribution in [0, 0.1) is 13.8 Å². The fraction of sp³-hybridized carbons (Fsp3) is 0.214. The van der Waals surface area contributed by atoms with E-state index < -0.39 is 0 Å². The summed E-state index contributed by atoms with van der Waals surface area (Å²) >= 11 is 1.36. The fourth-order valence-corrected chi connectivity index (χ4v) is 4.50. The largest absolute Gasteiger partial charge is 0.493 e. The van der Waals surface area contributed by atoms with Gasteiger partial charge in [-0.25, -0.2) is 4.99 Å². The third-order valence-corrected chi connectivity index (χ3v) is 6.29. The third-order valence-electron chi connectivity index (χ3n) is 5.32. The minimum absolute atomic E-state index is 0.121. The number of carbonyl (C=O) groups is 1. The first-order valence-electron chi connectivity index (χ1n) is 11.3. The molecule has 0 N–H and O–H groups in total. The summed E-state index contributed by atoms with van der Waals surface area (Å²) in [6.45, 7) is 6.68. The Morgan fingerprint density at radius 2 is 1.65 bits per heavy atom. The van der Waals surface area contributed by atoms with Crippen LogP contribution in [0.15, 0.2) is 76.6 Å². The van der Waals surface area contributed by atoms with Gasteiger partial charge in [0.25, 0.3) is 5.91 Å². The molecule has 34 heavy (non-hydrogen) atoms. The van der Waals surface area contributed by atoms with Crippen molar-refractivity contribution in [3.63, 3.8) is 0 Å². The van der Waals surface area contributed by atoms with Gasteiger partial charge in [0.2, 0.25) is 0 Å². The number of para-hydroxylation sites is 1. The highest BCUT2D eigenvalue weighted by Gasteiger charge is 2.35. The van der Waals surface area contributed by atoms with Crippen LogP contribution in [0.25, 0.3) is 6.08 Å². The number of anilines is 1. The number of hydrogen-bond acceptors (Lipinski definition) is 5. The van der Waals surface area contributed by atoms with E-state index >= 15 is 0 Å². The average Bonchev–Trinajstić information content (AvgIpc) is 3.14. The minimum atomic E-state index is -0.121. The van der Waals surface area contributed by atoms with Gasteiger partial charge in [-0.3, -0.25) is 9.69 Å². The molecule has 3 aromatic carbocycles. The number of ether oxygens (including phenoxy) is 2. The number of aryl methyl sites for hydroxylation is 2. The second kappa shape index (κ2) is 10.6. The molecule has 5 nitrogen and oxygen atoms in total. The average molecular weight is 473 g/mol. The zero-order valence-corrected chi connectivity index (χ0v) is 20.7. The Morgan fingerprint density at radius 3 is 2.29 bits per heavy atom. The Bertz CT molecular complexity index is 1230. The van der Waals surface area contributed by atoms with E-state index in [4.69, 9.17) is 14.5 Å². The predicted molar refractivity (Wildman–Crippen MR) is 141 cm³/mol. The number of thioether (sulfide) groups is 1. The van der Waals surface area contributed by atoms with Crippen molar-refractivity contribution in [1.29, 1.82) is 0 Å². The van der Waals surface area contributed by atoms with Crippen LogP contribution in [0.5, 0.6) is 11.5 Å². The molecule has 4 rings (SSSR count). The van der Waals surface area contributed by atoms with Gasteiger partial charge >= 0.3 is 0 Å². The molecule has 0 atom stereocenters. The molecule has 0 radical (unpaired) electrons. The Balaban J connectivity index is 1.78. The van der Waals surface area contributed by atoms with Gasteiger partial charge in [0, 0.05) is 5.56 Å². The van der Waals surface area contributed by atoms with Gasteiger partial charge in [-0.05, 0) is 68.4 Å². The SMILES string of the molecule is CCCOc1c(/C=C2/SC(=Nc3ccc(C)cc3)N(c3ccc(C)cc3)C2=O)cccc1OC. The lowest BCUT2D eigenvalue weighted by molar-refractivity contribution is -0.113. The van der Waals surface area contributed by atoms with Gasteiger partial charge < -0.3 is 9.47 Å². The van der Waals surface area contributed by atoms with Crippen LogP contribution in [0.3, 0.4) is 0 Å². The van der Waals surface area contributed by atoms with Gasteiger partial charge in [0.05, 0.1) is 30.0 Å². The molecule has 0 saturated carbocycles. The third kappa shape index (κ3) is 5.18. The van der Waals surface area contributed by atoms with E-state index in [1.807, 2.05) is 86.7 Å². The van der Waals surface area contributed by atoms with Crippen molar-refractivity contribution in [2.24, 2.45) is 4.99 Å². The molecule has 6 heteroatoms. The maximum Gasteiger partial charge on any atom is 0.271 e. The predicted octanol–water partition coefficient (Wildman–Crippen LogP) is 6.91. The van der Waals surface area contributed by atoms with E-state index in [-0.39, 0.29) is 5.91 Å². The Hall–Kier alpha value is -3.51. The van der Waals surface area contributed by atoms with Crippen molar-refractivity contribution in [3.8, 4) is 11.5 Å².